The number of carbonyl (C=O) groups is 1. The second kappa shape index (κ2) is 9.19. The van der Waals surface area contributed by atoms with E-state index in [1.165, 1.54) is 22.9 Å². The molecule has 1 atom stereocenters. The first kappa shape index (κ1) is 21.7. The summed E-state index contributed by atoms with van der Waals surface area (Å²) in [5.41, 5.74) is 1.22. The molecule has 0 fully saturated rings. The molecule has 10 heteroatoms. The monoisotopic (exact) mass is 433 g/mol. The Morgan fingerprint density at radius 3 is 2.70 bits per heavy atom. The lowest BCUT2D eigenvalue weighted by atomic mass is 10.0. The van der Waals surface area contributed by atoms with Crippen molar-refractivity contribution in [2.75, 3.05) is 6.61 Å². The number of hydrogen-bond acceptors (Lipinski definition) is 6. The maximum Gasteiger partial charge on any atom is 0.412 e. The van der Waals surface area contributed by atoms with Crippen LogP contribution >= 0.6 is 11.6 Å². The van der Waals surface area contributed by atoms with E-state index < -0.39 is 18.0 Å². The van der Waals surface area contributed by atoms with E-state index in [1.54, 1.807) is 25.1 Å². The van der Waals surface area contributed by atoms with Crippen molar-refractivity contribution < 1.29 is 19.0 Å². The van der Waals surface area contributed by atoms with Gasteiger partial charge in [-0.25, -0.2) is 9.18 Å². The molecule has 3 aromatic rings. The Balaban J connectivity index is 2.08. The first-order valence-corrected chi connectivity index (χ1v) is 9.64. The molecule has 158 valence electrons. The summed E-state index contributed by atoms with van der Waals surface area (Å²) in [6.45, 7) is 5.26. The van der Waals surface area contributed by atoms with E-state index in [1.807, 2.05) is 13.8 Å². The fourth-order valence-electron chi connectivity index (χ4n) is 2.76. The lowest BCUT2D eigenvalue weighted by molar-refractivity contribution is 0.186. The average Bonchev–Trinajstić information content (AvgIpc) is 3.17. The molecule has 2 aromatic carbocycles. The molecule has 30 heavy (non-hydrogen) atoms. The number of hydrogen-bond donors (Lipinski definition) is 2. The molecule has 2 N–H and O–H groups in total. The summed E-state index contributed by atoms with van der Waals surface area (Å²) in [7, 11) is 0. The molecule has 0 saturated heterocycles. The number of rotatable bonds is 6. The van der Waals surface area contributed by atoms with E-state index in [0.29, 0.717) is 17.1 Å². The van der Waals surface area contributed by atoms with Gasteiger partial charge in [0.15, 0.2) is 5.82 Å². The molecule has 0 aliphatic rings. The number of benzene rings is 2. The molecule has 0 aliphatic carbocycles. The molecule has 0 aliphatic heterocycles. The Morgan fingerprint density at radius 1 is 1.27 bits per heavy atom. The second-order valence-electron chi connectivity index (χ2n) is 7.06. The van der Waals surface area contributed by atoms with Crippen LogP contribution in [0.4, 0.5) is 9.18 Å². The number of nitrogens with zero attached hydrogens (tertiary/aromatic N) is 4. The minimum Gasteiger partial charge on any atom is -0.410 e. The fraction of sp³-hybridized carbons (Fsp3) is 0.300. The summed E-state index contributed by atoms with van der Waals surface area (Å²) in [5.74, 6) is 0.247. The molecule has 1 heterocycles. The number of carbonyl (C=O) groups excluding carboxylic acids is 1. The predicted molar refractivity (Wildman–Crippen MR) is 109 cm³/mol. The number of aliphatic hydroxyl groups is 1. The lowest BCUT2D eigenvalue weighted by Gasteiger charge is -2.14. The van der Waals surface area contributed by atoms with Crippen molar-refractivity contribution in [1.29, 1.82) is 0 Å². The van der Waals surface area contributed by atoms with Gasteiger partial charge in [-0.1, -0.05) is 25.4 Å². The highest BCUT2D eigenvalue weighted by molar-refractivity contribution is 6.30. The summed E-state index contributed by atoms with van der Waals surface area (Å²) in [4.78, 5) is 12.1. The summed E-state index contributed by atoms with van der Waals surface area (Å²) in [5, 5.41) is 23.6. The molecular weight excluding hydrogens is 413 g/mol. The Hall–Kier alpha value is -3.04. The van der Waals surface area contributed by atoms with Gasteiger partial charge in [-0.05, 0) is 53.2 Å². The second-order valence-corrected chi connectivity index (χ2v) is 7.50. The van der Waals surface area contributed by atoms with Gasteiger partial charge in [-0.15, -0.1) is 5.10 Å². The number of amides is 1. The Kier molecular flexibility index (Phi) is 6.63. The van der Waals surface area contributed by atoms with Crippen molar-refractivity contribution in [2.45, 2.75) is 32.7 Å². The van der Waals surface area contributed by atoms with Crippen LogP contribution in [0.25, 0.3) is 16.8 Å². The minimum absolute atomic E-state index is 0.0222. The zero-order valence-electron chi connectivity index (χ0n) is 16.6. The lowest BCUT2D eigenvalue weighted by Crippen LogP contribution is -2.37. The Morgan fingerprint density at radius 2 is 2.03 bits per heavy atom. The zero-order valence-corrected chi connectivity index (χ0v) is 17.4. The first-order chi connectivity index (χ1) is 14.3. The van der Waals surface area contributed by atoms with Gasteiger partial charge in [0.05, 0.1) is 18.3 Å². The topological polar surface area (TPSA) is 102 Å². The predicted octanol–water partition coefficient (Wildman–Crippen LogP) is 3.71. The van der Waals surface area contributed by atoms with Gasteiger partial charge < -0.3 is 15.2 Å². The molecule has 0 unspecified atom stereocenters. The third kappa shape index (κ3) is 4.92. The van der Waals surface area contributed by atoms with Crippen molar-refractivity contribution >= 4 is 17.7 Å². The molecule has 3 rings (SSSR count). The van der Waals surface area contributed by atoms with E-state index in [0.717, 1.165) is 0 Å². The summed E-state index contributed by atoms with van der Waals surface area (Å²) < 4.78 is 21.4. The zero-order chi connectivity index (χ0) is 21.8. The third-order valence-electron chi connectivity index (χ3n) is 4.24. The van der Waals surface area contributed by atoms with E-state index in [-0.39, 0.29) is 28.9 Å². The molecule has 0 radical (unpaired) electrons. The summed E-state index contributed by atoms with van der Waals surface area (Å²) in [6.07, 6.45) is -0.753. The van der Waals surface area contributed by atoms with Crippen LogP contribution in [0, 0.1) is 5.82 Å². The molecule has 0 bridgehead atoms. The van der Waals surface area contributed by atoms with Crippen LogP contribution in [0.5, 0.6) is 5.75 Å². The number of halogens is 2. The summed E-state index contributed by atoms with van der Waals surface area (Å²) >= 11 is 5.87. The van der Waals surface area contributed by atoms with Crippen LogP contribution in [0.2, 0.25) is 5.02 Å². The van der Waals surface area contributed by atoms with Gasteiger partial charge in [0.2, 0.25) is 0 Å². The van der Waals surface area contributed by atoms with E-state index >= 15 is 0 Å². The van der Waals surface area contributed by atoms with Crippen LogP contribution in [0.15, 0.2) is 36.4 Å². The van der Waals surface area contributed by atoms with Gasteiger partial charge in [-0.2, -0.15) is 4.68 Å². The quantitative estimate of drug-likeness (QED) is 0.614. The molecule has 0 spiro atoms. The van der Waals surface area contributed by atoms with Gasteiger partial charge in [-0.3, -0.25) is 0 Å². The molecule has 1 amide bonds. The number of ether oxygens (including phenoxy) is 1. The third-order valence-corrected chi connectivity index (χ3v) is 4.47. The van der Waals surface area contributed by atoms with E-state index in [4.69, 9.17) is 21.4 Å². The van der Waals surface area contributed by atoms with Crippen molar-refractivity contribution in [3.63, 3.8) is 0 Å². The van der Waals surface area contributed by atoms with Crippen molar-refractivity contribution in [2.24, 2.45) is 0 Å². The highest BCUT2D eigenvalue weighted by Crippen LogP contribution is 2.31. The molecule has 8 nitrogen and oxygen atoms in total. The van der Waals surface area contributed by atoms with Crippen molar-refractivity contribution in [1.82, 2.24) is 25.5 Å². The normalized spacial score (nSPS) is 12.1. The van der Waals surface area contributed by atoms with Crippen LogP contribution in [0.1, 0.15) is 32.5 Å². The molecule has 1 aromatic heterocycles. The Labute approximate surface area is 177 Å². The van der Waals surface area contributed by atoms with Crippen molar-refractivity contribution in [3.8, 4) is 22.6 Å². The minimum atomic E-state index is -0.753. The van der Waals surface area contributed by atoms with Crippen LogP contribution < -0.4 is 10.1 Å². The summed E-state index contributed by atoms with van der Waals surface area (Å²) in [6, 6.07) is 8.62. The van der Waals surface area contributed by atoms with Crippen LogP contribution in [-0.2, 0) is 0 Å². The maximum atomic E-state index is 14.6. The molecule has 0 saturated carbocycles. The average molecular weight is 434 g/mol. The van der Waals surface area contributed by atoms with Crippen molar-refractivity contribution in [3.05, 3.63) is 53.1 Å². The smallest absolute Gasteiger partial charge is 0.410 e. The maximum absolute atomic E-state index is 14.6. The fourth-order valence-corrected chi connectivity index (χ4v) is 2.92. The largest absolute Gasteiger partial charge is 0.412 e. The van der Waals surface area contributed by atoms with E-state index in [9.17, 15) is 9.18 Å². The Bertz CT molecular complexity index is 1060. The van der Waals surface area contributed by atoms with E-state index in [2.05, 4.69) is 20.8 Å². The van der Waals surface area contributed by atoms with Gasteiger partial charge >= 0.3 is 6.09 Å². The van der Waals surface area contributed by atoms with Gasteiger partial charge in [0.1, 0.15) is 11.6 Å². The number of nitrogens with one attached hydrogen (secondary N) is 1. The highest BCUT2D eigenvalue weighted by Gasteiger charge is 2.17. The van der Waals surface area contributed by atoms with Crippen LogP contribution in [0.3, 0.4) is 0 Å². The standard InChI is InChI=1S/C20H21ClFN5O3/c1-11(2)19-24-25-26-27(19)15-6-13(17-5-4-14(21)8-18(17)22)7-16(9-15)30-20(29)23-12(3)10-28/h4-9,11-12,28H,10H2,1-3H3,(H,23,29)/t12-/m0/s1. The van der Waals surface area contributed by atoms with Crippen LogP contribution in [-0.4, -0.2) is 44.1 Å². The number of aromatic nitrogens is 4. The van der Waals surface area contributed by atoms with Gasteiger partial charge in [0, 0.05) is 22.6 Å². The SMILES string of the molecule is CC(C)c1nnnn1-c1cc(OC(=O)N[C@@H](C)CO)cc(-c2ccc(Cl)cc2F)c1. The number of tetrazole rings is 1. The first-order valence-electron chi connectivity index (χ1n) is 9.27. The highest BCUT2D eigenvalue weighted by atomic mass is 35.5. The number of aliphatic hydroxyl groups excluding tert-OH is 1. The molecular formula is C20H21ClFN5O3. The van der Waals surface area contributed by atoms with Gasteiger partial charge in [0.25, 0.3) is 0 Å².